The fraction of sp³-hybridized carbons (Fsp3) is 0.103. The van der Waals surface area contributed by atoms with Crippen LogP contribution in [-0.4, -0.2) is 27.0 Å². The van der Waals surface area contributed by atoms with E-state index >= 15 is 0 Å². The Morgan fingerprint density at radius 2 is 1.31 bits per heavy atom. The summed E-state index contributed by atoms with van der Waals surface area (Å²) in [7, 11) is 0. The fourth-order valence-corrected chi connectivity index (χ4v) is 4.26. The van der Waals surface area contributed by atoms with Gasteiger partial charge in [-0.2, -0.15) is 13.2 Å². The van der Waals surface area contributed by atoms with Crippen LogP contribution < -0.4 is 5.63 Å². The summed E-state index contributed by atoms with van der Waals surface area (Å²) >= 11 is 0. The Bertz CT molecular complexity index is 1890. The summed E-state index contributed by atoms with van der Waals surface area (Å²) in [6.45, 7) is 4.02. The number of halogens is 3. The quantitative estimate of drug-likeness (QED) is 0.118. The molecule has 10 heteroatoms. The number of fused-ring (bicyclic) bond motifs is 6. The zero-order chi connectivity index (χ0) is 27.2. The first-order valence-electron chi connectivity index (χ1n) is 11.5. The molecule has 0 amide bonds. The summed E-state index contributed by atoms with van der Waals surface area (Å²) in [5, 5.41) is 13.3. The topological polar surface area (TPSA) is 93.3 Å². The number of nitrogens with zero attached hydrogens (tertiary/aromatic N) is 2. The number of aromatic hydroxyl groups is 1. The molecule has 0 aliphatic heterocycles. The zero-order valence-electron chi connectivity index (χ0n) is 20.5. The molecule has 0 fully saturated rings. The number of Topliss-reactive ketones (excluding diaryl/α,β-unsaturated/α-hetero) is 1. The second-order valence-corrected chi connectivity index (χ2v) is 8.71. The minimum atomic E-state index is -5.29. The summed E-state index contributed by atoms with van der Waals surface area (Å²) in [4.78, 5) is 32.1. The Labute approximate surface area is 260 Å². The molecular weight excluding hydrogens is 649 g/mol. The molecule has 0 aliphatic carbocycles. The number of hydrogen-bond acceptors (Lipinski definition) is 6. The average Bonchev–Trinajstić information content (AvgIpc) is 2.88. The monoisotopic (exact) mass is 669 g/mol. The molecule has 3 aromatic heterocycles. The maximum Gasteiger partial charge on any atom is 0.455 e. The Balaban J connectivity index is 0.000000184. The van der Waals surface area contributed by atoms with Crippen molar-refractivity contribution in [2.75, 3.05) is 0 Å². The number of carbonyl (C=O) groups excluding carboxylic acids is 1. The third-order valence-corrected chi connectivity index (χ3v) is 6.05. The van der Waals surface area contributed by atoms with E-state index in [0.29, 0.717) is 10.8 Å². The normalized spacial score (nSPS) is 11.3. The molecule has 3 heterocycles. The van der Waals surface area contributed by atoms with Crippen LogP contribution in [0.4, 0.5) is 13.2 Å². The van der Waals surface area contributed by atoms with Gasteiger partial charge in [0.2, 0.25) is 0 Å². The number of pyridine rings is 2. The molecule has 0 spiro atoms. The number of aromatic nitrogens is 2. The summed E-state index contributed by atoms with van der Waals surface area (Å²) in [5.41, 5.74) is 1.04. The van der Waals surface area contributed by atoms with E-state index in [9.17, 15) is 27.9 Å². The van der Waals surface area contributed by atoms with Crippen LogP contribution in [0.15, 0.2) is 82.0 Å². The molecule has 0 atom stereocenters. The van der Waals surface area contributed by atoms with Gasteiger partial charge in [0.15, 0.2) is 5.56 Å². The van der Waals surface area contributed by atoms with Crippen LogP contribution in [0.3, 0.4) is 0 Å². The van der Waals surface area contributed by atoms with Crippen molar-refractivity contribution in [2.24, 2.45) is 0 Å². The van der Waals surface area contributed by atoms with Crippen molar-refractivity contribution in [1.29, 1.82) is 0 Å². The van der Waals surface area contributed by atoms with Gasteiger partial charge in [0.1, 0.15) is 11.3 Å². The fourth-order valence-electron chi connectivity index (χ4n) is 4.26. The van der Waals surface area contributed by atoms with E-state index in [1.807, 2.05) is 26.0 Å². The summed E-state index contributed by atoms with van der Waals surface area (Å²) in [5.74, 6) is -3.46. The molecule has 0 bridgehead atoms. The predicted octanol–water partition coefficient (Wildman–Crippen LogP) is 6.80. The number of aryl methyl sites for hydroxylation is 2. The maximum atomic E-state index is 12.6. The Morgan fingerprint density at radius 1 is 0.795 bits per heavy atom. The summed E-state index contributed by atoms with van der Waals surface area (Å²) in [6, 6.07) is 21.9. The van der Waals surface area contributed by atoms with E-state index in [2.05, 4.69) is 34.2 Å². The molecule has 197 valence electrons. The number of hydrogen-bond donors (Lipinski definition) is 1. The van der Waals surface area contributed by atoms with Gasteiger partial charge in [0, 0.05) is 71.5 Å². The van der Waals surface area contributed by atoms with Crippen molar-refractivity contribution in [2.45, 2.75) is 20.0 Å². The van der Waals surface area contributed by atoms with E-state index in [0.717, 1.165) is 33.2 Å². The number of carbonyl (C=O) groups is 1. The van der Waals surface area contributed by atoms with E-state index in [-0.39, 0.29) is 60.3 Å². The molecule has 6 aromatic rings. The van der Waals surface area contributed by atoms with Gasteiger partial charge in [0.25, 0.3) is 5.78 Å². The van der Waals surface area contributed by atoms with E-state index in [1.54, 1.807) is 30.3 Å². The molecule has 0 aliphatic rings. The van der Waals surface area contributed by atoms with Crippen LogP contribution in [0.1, 0.15) is 21.7 Å². The molecule has 1 N–H and O–H groups in total. The van der Waals surface area contributed by atoms with Crippen molar-refractivity contribution in [1.82, 2.24) is 9.97 Å². The van der Waals surface area contributed by atoms with Gasteiger partial charge in [-0.15, -0.1) is 0 Å². The molecule has 0 saturated carbocycles. The summed E-state index contributed by atoms with van der Waals surface area (Å²) in [6.07, 6.45) is -5.29. The van der Waals surface area contributed by atoms with Gasteiger partial charge in [-0.3, -0.25) is 14.8 Å². The first-order valence-corrected chi connectivity index (χ1v) is 11.5. The van der Waals surface area contributed by atoms with Crippen molar-refractivity contribution in [3.05, 3.63) is 100 Å². The molecule has 3 aromatic carbocycles. The average molecular weight is 668 g/mol. The standard InChI is InChI=1S/C15H7F3O4.C14H12N2.Eu/c16-15(17,18)13(20)11-12(19)10-8-4-2-1-3-7(8)5-6-9(10)22-14(11)21;1-9-3-5-11-7-8-12-6-4-10(2)16-14(12)13(11)15-9;/h1-6,19H;3-8H,1-2H3;. The van der Waals surface area contributed by atoms with E-state index < -0.39 is 28.9 Å². The van der Waals surface area contributed by atoms with Crippen molar-refractivity contribution < 1.29 is 76.9 Å². The van der Waals surface area contributed by atoms with Crippen LogP contribution >= 0.6 is 0 Å². The maximum absolute atomic E-state index is 12.6. The Hall–Kier alpha value is -3.21. The molecular formula is C29H19EuF3N2O4. The van der Waals surface area contributed by atoms with Gasteiger partial charge >= 0.3 is 11.8 Å². The minimum Gasteiger partial charge on any atom is -0.506 e. The SMILES string of the molecule is Cc1ccc2ccc3ccc(C)nc3c2n1.O=C(c1c(O)c2c(ccc3ccccc32)oc1=O)C(F)(F)F.[Eu]. The second-order valence-electron chi connectivity index (χ2n) is 8.71. The molecule has 0 saturated heterocycles. The molecule has 1 radical (unpaired) electrons. The third-order valence-electron chi connectivity index (χ3n) is 6.05. The van der Waals surface area contributed by atoms with Crippen molar-refractivity contribution >= 4 is 49.3 Å². The Kier molecular flexibility index (Phi) is 8.21. The Morgan fingerprint density at radius 3 is 1.87 bits per heavy atom. The predicted molar refractivity (Wildman–Crippen MR) is 139 cm³/mol. The van der Waals surface area contributed by atoms with E-state index in [1.165, 1.54) is 6.07 Å². The molecule has 39 heavy (non-hydrogen) atoms. The van der Waals surface area contributed by atoms with Gasteiger partial charge in [0.05, 0.1) is 16.4 Å². The summed E-state index contributed by atoms with van der Waals surface area (Å²) < 4.78 is 42.5. The molecule has 6 rings (SSSR count). The largest absolute Gasteiger partial charge is 0.506 e. The van der Waals surface area contributed by atoms with Gasteiger partial charge in [-0.1, -0.05) is 54.6 Å². The van der Waals surface area contributed by atoms with Crippen LogP contribution in [0.5, 0.6) is 5.75 Å². The van der Waals surface area contributed by atoms with Crippen molar-refractivity contribution in [3.8, 4) is 5.75 Å². The number of ketones is 1. The number of benzene rings is 3. The second kappa shape index (κ2) is 11.1. The van der Waals surface area contributed by atoms with E-state index in [4.69, 9.17) is 4.42 Å². The first kappa shape index (κ1) is 28.8. The minimum absolute atomic E-state index is 0. The van der Waals surface area contributed by atoms with Gasteiger partial charge in [-0.25, -0.2) is 4.79 Å². The van der Waals surface area contributed by atoms with Gasteiger partial charge in [-0.05, 0) is 42.8 Å². The molecule has 0 unspecified atom stereocenters. The molecule has 6 nitrogen and oxygen atoms in total. The van der Waals surface area contributed by atoms with Crippen molar-refractivity contribution in [3.63, 3.8) is 0 Å². The smallest absolute Gasteiger partial charge is 0.455 e. The zero-order valence-corrected chi connectivity index (χ0v) is 22.9. The third kappa shape index (κ3) is 5.59. The number of rotatable bonds is 1. The van der Waals surface area contributed by atoms with Crippen LogP contribution in [-0.2, 0) is 0 Å². The number of alkyl halides is 3. The van der Waals surface area contributed by atoms with Crippen LogP contribution in [0, 0.1) is 63.2 Å². The van der Waals surface area contributed by atoms with Crippen LogP contribution in [0.2, 0.25) is 0 Å². The first-order chi connectivity index (χ1) is 18.0. The van der Waals surface area contributed by atoms with Gasteiger partial charge < -0.3 is 9.52 Å². The van der Waals surface area contributed by atoms with Crippen LogP contribution in [0.25, 0.3) is 43.5 Å².